The monoisotopic (exact) mass is 348 g/mol. The summed E-state index contributed by atoms with van der Waals surface area (Å²) >= 11 is 6.17. The number of ether oxygens (including phenoxy) is 1. The first kappa shape index (κ1) is 16.2. The summed E-state index contributed by atoms with van der Waals surface area (Å²) in [5.74, 6) is 0.749. The number of carbonyl (C=O) groups excluding carboxylic acids is 1. The van der Waals surface area contributed by atoms with Gasteiger partial charge in [0.25, 0.3) is 5.91 Å². The smallest absolute Gasteiger partial charge is 0.257 e. The minimum Gasteiger partial charge on any atom is -0.490 e. The number of rotatable bonds is 3. The number of carbonyl (C=O) groups is 1. The topological polar surface area (TPSA) is 41.6 Å². The molecule has 5 heteroatoms. The fraction of sp³-hybridized carbons (Fsp3) is 0.632. The summed E-state index contributed by atoms with van der Waals surface area (Å²) in [6.45, 7) is 1.59. The molecule has 1 amide bonds. The number of likely N-dealkylation sites (tertiary alicyclic amines) is 1. The second kappa shape index (κ2) is 6.93. The largest absolute Gasteiger partial charge is 0.490 e. The summed E-state index contributed by atoms with van der Waals surface area (Å²) in [6.07, 6.45) is 8.24. The van der Waals surface area contributed by atoms with Crippen LogP contribution in [0.5, 0.6) is 5.75 Å². The average Bonchev–Trinajstić information content (AvgIpc) is 3.18. The summed E-state index contributed by atoms with van der Waals surface area (Å²) in [7, 11) is 0. The molecule has 2 atom stereocenters. The van der Waals surface area contributed by atoms with Gasteiger partial charge in [0.1, 0.15) is 5.75 Å². The average molecular weight is 349 g/mol. The van der Waals surface area contributed by atoms with Crippen LogP contribution in [0.15, 0.2) is 18.2 Å². The quantitative estimate of drug-likeness (QED) is 0.907. The fourth-order valence-electron chi connectivity index (χ4n) is 4.26. The van der Waals surface area contributed by atoms with Crippen molar-refractivity contribution in [1.29, 1.82) is 0 Å². The molecule has 4 rings (SSSR count). The molecule has 2 heterocycles. The van der Waals surface area contributed by atoms with E-state index < -0.39 is 0 Å². The van der Waals surface area contributed by atoms with Crippen molar-refractivity contribution in [2.24, 2.45) is 0 Å². The molecule has 130 valence electrons. The van der Waals surface area contributed by atoms with Crippen LogP contribution in [0.1, 0.15) is 55.3 Å². The minimum absolute atomic E-state index is 0.0554. The van der Waals surface area contributed by atoms with E-state index in [1.54, 1.807) is 6.07 Å². The van der Waals surface area contributed by atoms with Crippen LogP contribution in [0.3, 0.4) is 0 Å². The van der Waals surface area contributed by atoms with Crippen molar-refractivity contribution in [3.8, 4) is 5.75 Å². The number of hydrogen-bond acceptors (Lipinski definition) is 3. The number of benzene rings is 1. The second-order valence-corrected chi connectivity index (χ2v) is 7.78. The lowest BCUT2D eigenvalue weighted by Crippen LogP contribution is -2.39. The van der Waals surface area contributed by atoms with Crippen molar-refractivity contribution in [3.05, 3.63) is 28.8 Å². The highest BCUT2D eigenvalue weighted by Crippen LogP contribution is 2.30. The van der Waals surface area contributed by atoms with E-state index in [-0.39, 0.29) is 12.0 Å². The zero-order valence-electron chi connectivity index (χ0n) is 14.0. The molecule has 3 fully saturated rings. The third-order valence-electron chi connectivity index (χ3n) is 5.58. The Morgan fingerprint density at radius 1 is 1.12 bits per heavy atom. The standard InChI is InChI=1S/C19H25ClN2O2/c20-13-5-8-18(24-16-3-1-2-4-16)17(11-13)19(23)22-10-9-14-6-7-15(12-22)21-14/h5,8,11,14-16,21H,1-4,6-7,9-10,12H2. The molecule has 0 aromatic heterocycles. The number of amides is 1. The zero-order chi connectivity index (χ0) is 16.5. The van der Waals surface area contributed by atoms with Gasteiger partial charge >= 0.3 is 0 Å². The van der Waals surface area contributed by atoms with E-state index in [9.17, 15) is 4.79 Å². The summed E-state index contributed by atoms with van der Waals surface area (Å²) in [6, 6.07) is 6.44. The van der Waals surface area contributed by atoms with Crippen LogP contribution in [0, 0.1) is 0 Å². The molecule has 1 aliphatic carbocycles. The van der Waals surface area contributed by atoms with E-state index in [4.69, 9.17) is 16.3 Å². The molecule has 2 aliphatic heterocycles. The Kier molecular flexibility index (Phi) is 4.68. The van der Waals surface area contributed by atoms with Gasteiger partial charge in [0.2, 0.25) is 0 Å². The Labute approximate surface area is 148 Å². The van der Waals surface area contributed by atoms with Gasteiger partial charge in [-0.05, 0) is 63.1 Å². The van der Waals surface area contributed by atoms with Crippen LogP contribution in [0.25, 0.3) is 0 Å². The van der Waals surface area contributed by atoms with Crippen molar-refractivity contribution < 1.29 is 9.53 Å². The Balaban J connectivity index is 1.55. The number of fused-ring (bicyclic) bond motifs is 2. The molecule has 4 nitrogen and oxygen atoms in total. The molecule has 1 aromatic carbocycles. The molecule has 1 N–H and O–H groups in total. The van der Waals surface area contributed by atoms with E-state index in [2.05, 4.69) is 5.32 Å². The van der Waals surface area contributed by atoms with Crippen molar-refractivity contribution in [3.63, 3.8) is 0 Å². The number of hydrogen-bond donors (Lipinski definition) is 1. The molecular formula is C19H25ClN2O2. The summed E-state index contributed by atoms with van der Waals surface area (Å²) < 4.78 is 6.14. The third-order valence-corrected chi connectivity index (χ3v) is 5.81. The maximum Gasteiger partial charge on any atom is 0.257 e. The van der Waals surface area contributed by atoms with Gasteiger partial charge in [-0.25, -0.2) is 0 Å². The molecule has 3 aliphatic rings. The highest BCUT2D eigenvalue weighted by atomic mass is 35.5. The van der Waals surface area contributed by atoms with Gasteiger partial charge in [0.05, 0.1) is 11.7 Å². The first-order valence-electron chi connectivity index (χ1n) is 9.20. The normalized spacial score (nSPS) is 27.3. The molecule has 2 bridgehead atoms. The zero-order valence-corrected chi connectivity index (χ0v) is 14.7. The number of nitrogens with zero attached hydrogens (tertiary/aromatic N) is 1. The molecule has 0 spiro atoms. The second-order valence-electron chi connectivity index (χ2n) is 7.34. The SMILES string of the molecule is O=C(c1cc(Cl)ccc1OC1CCCC1)N1CCC2CCC(C1)N2. The van der Waals surface area contributed by atoms with Crippen LogP contribution in [-0.4, -0.2) is 42.1 Å². The van der Waals surface area contributed by atoms with Gasteiger partial charge in [0.15, 0.2) is 0 Å². The predicted molar refractivity (Wildman–Crippen MR) is 94.8 cm³/mol. The van der Waals surface area contributed by atoms with E-state index >= 15 is 0 Å². The number of nitrogens with one attached hydrogen (secondary N) is 1. The van der Waals surface area contributed by atoms with Gasteiger partial charge in [-0.15, -0.1) is 0 Å². The molecule has 0 radical (unpaired) electrons. The van der Waals surface area contributed by atoms with Crippen LogP contribution in [0.4, 0.5) is 0 Å². The van der Waals surface area contributed by atoms with Gasteiger partial charge in [-0.2, -0.15) is 0 Å². The van der Waals surface area contributed by atoms with E-state index in [1.807, 2.05) is 17.0 Å². The first-order chi connectivity index (χ1) is 11.7. The van der Waals surface area contributed by atoms with Gasteiger partial charge < -0.3 is 15.0 Å². The van der Waals surface area contributed by atoms with E-state index in [1.165, 1.54) is 19.3 Å². The van der Waals surface area contributed by atoms with Crippen molar-refractivity contribution >= 4 is 17.5 Å². The molecule has 2 saturated heterocycles. The lowest BCUT2D eigenvalue weighted by Gasteiger charge is -2.26. The number of halogens is 1. The van der Waals surface area contributed by atoms with Crippen molar-refractivity contribution in [1.82, 2.24) is 10.2 Å². The summed E-state index contributed by atoms with van der Waals surface area (Å²) in [5.41, 5.74) is 0.618. The van der Waals surface area contributed by atoms with Crippen molar-refractivity contribution in [2.75, 3.05) is 13.1 Å². The van der Waals surface area contributed by atoms with Crippen molar-refractivity contribution in [2.45, 2.75) is 63.1 Å². The highest BCUT2D eigenvalue weighted by Gasteiger charge is 2.32. The molecule has 2 unspecified atom stereocenters. The summed E-state index contributed by atoms with van der Waals surface area (Å²) in [5, 5.41) is 4.21. The minimum atomic E-state index is 0.0554. The van der Waals surface area contributed by atoms with E-state index in [0.29, 0.717) is 28.4 Å². The molecule has 1 saturated carbocycles. The van der Waals surface area contributed by atoms with Crippen LogP contribution in [-0.2, 0) is 0 Å². The van der Waals surface area contributed by atoms with Gasteiger partial charge in [0, 0.05) is 30.2 Å². The van der Waals surface area contributed by atoms with Crippen LogP contribution < -0.4 is 10.1 Å². The molecule has 1 aromatic rings. The maximum absolute atomic E-state index is 13.1. The predicted octanol–water partition coefficient (Wildman–Crippen LogP) is 3.63. The first-order valence-corrected chi connectivity index (χ1v) is 9.58. The van der Waals surface area contributed by atoms with Crippen LogP contribution in [0.2, 0.25) is 5.02 Å². The molecule has 24 heavy (non-hydrogen) atoms. The summed E-state index contributed by atoms with van der Waals surface area (Å²) in [4.78, 5) is 15.1. The molecular weight excluding hydrogens is 324 g/mol. The Morgan fingerprint density at radius 3 is 2.75 bits per heavy atom. The Bertz CT molecular complexity index is 615. The lowest BCUT2D eigenvalue weighted by atomic mass is 10.1. The maximum atomic E-state index is 13.1. The van der Waals surface area contributed by atoms with Gasteiger partial charge in [-0.3, -0.25) is 4.79 Å². The lowest BCUT2D eigenvalue weighted by molar-refractivity contribution is 0.0740. The third kappa shape index (κ3) is 3.40. The van der Waals surface area contributed by atoms with Gasteiger partial charge in [-0.1, -0.05) is 11.6 Å². The van der Waals surface area contributed by atoms with Crippen LogP contribution >= 0.6 is 11.6 Å². The Hall–Kier alpha value is -1.26. The fourth-order valence-corrected chi connectivity index (χ4v) is 4.43. The van der Waals surface area contributed by atoms with E-state index in [0.717, 1.165) is 38.8 Å². The Morgan fingerprint density at radius 2 is 1.92 bits per heavy atom. The highest BCUT2D eigenvalue weighted by molar-refractivity contribution is 6.31.